The molecule has 0 aliphatic heterocycles. The number of rotatable bonds is 5. The lowest BCUT2D eigenvalue weighted by molar-refractivity contribution is -0.385. The molecule has 2 aromatic rings. The molecule has 0 saturated heterocycles. The molecule has 1 heterocycles. The van der Waals surface area contributed by atoms with Crippen molar-refractivity contribution in [3.63, 3.8) is 0 Å². The molecule has 1 fully saturated rings. The number of H-pyrrole nitrogens is 1. The number of nitro groups is 1. The summed E-state index contributed by atoms with van der Waals surface area (Å²) in [4.78, 5) is 23.1. The van der Waals surface area contributed by atoms with Crippen molar-refractivity contribution >= 4 is 11.6 Å². The number of hydrogen-bond acceptors (Lipinski definition) is 5. The van der Waals surface area contributed by atoms with Gasteiger partial charge in [-0.15, -0.1) is 0 Å². The van der Waals surface area contributed by atoms with Crippen molar-refractivity contribution < 1.29 is 14.5 Å². The van der Waals surface area contributed by atoms with Crippen LogP contribution in [0.1, 0.15) is 41.9 Å². The molecular formula is C17H20N4O4. The number of amides is 1. The van der Waals surface area contributed by atoms with E-state index in [1.165, 1.54) is 6.92 Å². The number of aromatic amines is 1. The molecule has 2 atom stereocenters. The number of hydrogen-bond donors (Lipinski definition) is 2. The van der Waals surface area contributed by atoms with Crippen LogP contribution in [0.15, 0.2) is 30.3 Å². The van der Waals surface area contributed by atoms with Crippen LogP contribution < -0.4 is 10.1 Å². The molecule has 1 amide bonds. The van der Waals surface area contributed by atoms with Crippen LogP contribution in [0.4, 0.5) is 5.69 Å². The summed E-state index contributed by atoms with van der Waals surface area (Å²) in [6.45, 7) is 1.52. The number of para-hydroxylation sites is 1. The van der Waals surface area contributed by atoms with Crippen LogP contribution in [0.3, 0.4) is 0 Å². The molecule has 8 nitrogen and oxygen atoms in total. The zero-order chi connectivity index (χ0) is 17.8. The lowest BCUT2D eigenvalue weighted by Gasteiger charge is -2.32. The Morgan fingerprint density at radius 1 is 1.32 bits per heavy atom. The van der Waals surface area contributed by atoms with E-state index >= 15 is 0 Å². The van der Waals surface area contributed by atoms with E-state index < -0.39 is 10.8 Å². The monoisotopic (exact) mass is 344 g/mol. The third-order valence-corrected chi connectivity index (χ3v) is 4.36. The number of aromatic nitrogens is 2. The van der Waals surface area contributed by atoms with Gasteiger partial charge in [-0.3, -0.25) is 20.0 Å². The maximum Gasteiger partial charge on any atom is 0.322 e. The Bertz CT molecular complexity index is 759. The Kier molecular flexibility index (Phi) is 4.97. The highest BCUT2D eigenvalue weighted by Gasteiger charge is 2.32. The van der Waals surface area contributed by atoms with Crippen LogP contribution in [0.2, 0.25) is 0 Å². The summed E-state index contributed by atoms with van der Waals surface area (Å²) in [5.74, 6) is 0.194. The van der Waals surface area contributed by atoms with Crippen molar-refractivity contribution in [3.05, 3.63) is 51.8 Å². The van der Waals surface area contributed by atoms with Crippen molar-refractivity contribution in [3.8, 4) is 5.75 Å². The molecule has 25 heavy (non-hydrogen) atoms. The molecular weight excluding hydrogens is 324 g/mol. The van der Waals surface area contributed by atoms with Gasteiger partial charge in [-0.1, -0.05) is 24.6 Å². The van der Waals surface area contributed by atoms with Crippen molar-refractivity contribution in [2.24, 2.45) is 0 Å². The number of benzene rings is 1. The van der Waals surface area contributed by atoms with E-state index in [0.717, 1.165) is 31.4 Å². The second-order valence-corrected chi connectivity index (χ2v) is 6.14. The predicted molar refractivity (Wildman–Crippen MR) is 90.6 cm³/mol. The molecule has 0 bridgehead atoms. The topological polar surface area (TPSA) is 110 Å². The van der Waals surface area contributed by atoms with Crippen LogP contribution in [0, 0.1) is 17.0 Å². The number of ether oxygens (including phenoxy) is 1. The molecule has 0 radical (unpaired) electrons. The fourth-order valence-electron chi connectivity index (χ4n) is 3.12. The van der Waals surface area contributed by atoms with E-state index in [4.69, 9.17) is 4.74 Å². The summed E-state index contributed by atoms with van der Waals surface area (Å²) in [5.41, 5.74) is -0.212. The smallest absolute Gasteiger partial charge is 0.322 e. The van der Waals surface area contributed by atoms with Gasteiger partial charge in [0.05, 0.1) is 11.0 Å². The Labute approximate surface area is 144 Å². The number of aryl methyl sites for hydroxylation is 1. The van der Waals surface area contributed by atoms with Gasteiger partial charge in [0.25, 0.3) is 5.91 Å². The van der Waals surface area contributed by atoms with E-state index in [0.29, 0.717) is 0 Å². The third-order valence-electron chi connectivity index (χ3n) is 4.36. The van der Waals surface area contributed by atoms with Crippen LogP contribution in [-0.2, 0) is 0 Å². The molecule has 132 valence electrons. The summed E-state index contributed by atoms with van der Waals surface area (Å²) >= 11 is 0. The van der Waals surface area contributed by atoms with E-state index in [9.17, 15) is 14.9 Å². The fourth-order valence-corrected chi connectivity index (χ4v) is 3.12. The van der Waals surface area contributed by atoms with Gasteiger partial charge >= 0.3 is 5.69 Å². The first kappa shape index (κ1) is 16.9. The maximum absolute atomic E-state index is 12.5. The normalized spacial score (nSPS) is 20.0. The minimum absolute atomic E-state index is 0.167. The highest BCUT2D eigenvalue weighted by Crippen LogP contribution is 2.25. The second kappa shape index (κ2) is 7.33. The highest BCUT2D eigenvalue weighted by molar-refractivity contribution is 5.96. The predicted octanol–water partition coefficient (Wildman–Crippen LogP) is 2.75. The minimum atomic E-state index is -0.591. The first-order valence-corrected chi connectivity index (χ1v) is 8.28. The SMILES string of the molecule is Cc1[nH]nc(C(=O)N[C@H]2CCCC[C@H]2Oc2ccccc2)c1[N+](=O)[O-]. The number of nitrogens with zero attached hydrogens (tertiary/aromatic N) is 2. The molecule has 1 aliphatic rings. The van der Waals surface area contributed by atoms with E-state index in [1.54, 1.807) is 0 Å². The molecule has 1 aromatic heterocycles. The molecule has 8 heteroatoms. The standard InChI is InChI=1S/C17H20N4O4/c1-11-16(21(23)24)15(20-19-11)17(22)18-13-9-5-6-10-14(13)25-12-7-3-2-4-8-12/h2-4,7-8,13-14H,5-6,9-10H2,1H3,(H,18,22)(H,19,20)/t13-,14+/m0/s1. The number of carbonyl (C=O) groups is 1. The summed E-state index contributed by atoms with van der Waals surface area (Å²) in [7, 11) is 0. The average Bonchev–Trinajstić information content (AvgIpc) is 2.99. The lowest BCUT2D eigenvalue weighted by Crippen LogP contribution is -2.47. The number of nitrogens with one attached hydrogen (secondary N) is 2. The van der Waals surface area contributed by atoms with Crippen LogP contribution in [0.25, 0.3) is 0 Å². The highest BCUT2D eigenvalue weighted by atomic mass is 16.6. The van der Waals surface area contributed by atoms with Gasteiger partial charge in [-0.05, 0) is 38.3 Å². The average molecular weight is 344 g/mol. The molecule has 1 aliphatic carbocycles. The van der Waals surface area contributed by atoms with Gasteiger partial charge in [-0.25, -0.2) is 0 Å². The Morgan fingerprint density at radius 3 is 2.76 bits per heavy atom. The largest absolute Gasteiger partial charge is 0.488 e. The van der Waals surface area contributed by atoms with E-state index in [2.05, 4.69) is 15.5 Å². The van der Waals surface area contributed by atoms with Crippen molar-refractivity contribution in [1.82, 2.24) is 15.5 Å². The van der Waals surface area contributed by atoms with Gasteiger partial charge in [0.2, 0.25) is 5.69 Å². The second-order valence-electron chi connectivity index (χ2n) is 6.14. The first-order valence-electron chi connectivity index (χ1n) is 8.28. The quantitative estimate of drug-likeness (QED) is 0.640. The summed E-state index contributed by atoms with van der Waals surface area (Å²) in [6.07, 6.45) is 3.41. The lowest BCUT2D eigenvalue weighted by atomic mass is 9.92. The van der Waals surface area contributed by atoms with Crippen molar-refractivity contribution in [2.45, 2.75) is 44.8 Å². The minimum Gasteiger partial charge on any atom is -0.488 e. The third kappa shape index (κ3) is 3.78. The Balaban J connectivity index is 1.73. The molecule has 0 spiro atoms. The molecule has 1 aromatic carbocycles. The Morgan fingerprint density at radius 2 is 2.04 bits per heavy atom. The molecule has 1 saturated carbocycles. The zero-order valence-electron chi connectivity index (χ0n) is 13.9. The summed E-state index contributed by atoms with van der Waals surface area (Å²) in [6, 6.07) is 9.22. The zero-order valence-corrected chi connectivity index (χ0v) is 13.9. The fraction of sp³-hybridized carbons (Fsp3) is 0.412. The van der Waals surface area contributed by atoms with Crippen LogP contribution in [-0.4, -0.2) is 33.2 Å². The van der Waals surface area contributed by atoms with Crippen LogP contribution in [0.5, 0.6) is 5.75 Å². The maximum atomic E-state index is 12.5. The van der Waals surface area contributed by atoms with E-state index in [-0.39, 0.29) is 29.2 Å². The van der Waals surface area contributed by atoms with Crippen LogP contribution >= 0.6 is 0 Å². The van der Waals surface area contributed by atoms with Gasteiger partial charge in [0.15, 0.2) is 0 Å². The van der Waals surface area contributed by atoms with Crippen molar-refractivity contribution in [2.75, 3.05) is 0 Å². The van der Waals surface area contributed by atoms with Gasteiger partial charge < -0.3 is 10.1 Å². The molecule has 3 rings (SSSR count). The van der Waals surface area contributed by atoms with Gasteiger partial charge in [0.1, 0.15) is 17.5 Å². The van der Waals surface area contributed by atoms with Gasteiger partial charge in [-0.2, -0.15) is 5.10 Å². The Hall–Kier alpha value is -2.90. The molecule has 2 N–H and O–H groups in total. The molecule has 0 unspecified atom stereocenters. The van der Waals surface area contributed by atoms with Crippen molar-refractivity contribution in [1.29, 1.82) is 0 Å². The summed E-state index contributed by atoms with van der Waals surface area (Å²) in [5, 5.41) is 20.3. The first-order chi connectivity index (χ1) is 12.1. The van der Waals surface area contributed by atoms with Gasteiger partial charge in [0, 0.05) is 0 Å². The van der Waals surface area contributed by atoms with E-state index in [1.807, 2.05) is 30.3 Å². The summed E-state index contributed by atoms with van der Waals surface area (Å²) < 4.78 is 6.01. The number of carbonyl (C=O) groups excluding carboxylic acids is 1.